The Balaban J connectivity index is 2.20. The van der Waals surface area contributed by atoms with Crippen molar-refractivity contribution < 1.29 is 4.79 Å². The van der Waals surface area contributed by atoms with E-state index >= 15 is 0 Å². The minimum atomic E-state index is -0.303. The number of piperidine rings is 1. The fourth-order valence-corrected chi connectivity index (χ4v) is 2.31. The van der Waals surface area contributed by atoms with Gasteiger partial charge in [-0.1, -0.05) is 0 Å². The highest BCUT2D eigenvalue weighted by atomic mass is 16.1. The number of imidazole rings is 1. The molecule has 2 aromatic heterocycles. The smallest absolute Gasteiger partial charge is 0.315 e. The highest BCUT2D eigenvalue weighted by Crippen LogP contribution is 2.22. The molecule has 0 saturated carbocycles. The average molecular weight is 247 g/mol. The number of nitrogens with one attached hydrogen (secondary N) is 2. The van der Waals surface area contributed by atoms with Crippen molar-refractivity contribution in [1.82, 2.24) is 24.8 Å². The molecule has 0 aromatic carbocycles. The normalized spacial score (nSPS) is 20.5. The number of aromatic amines is 1. The third kappa shape index (κ3) is 1.55. The van der Waals surface area contributed by atoms with Crippen LogP contribution in [-0.4, -0.2) is 38.4 Å². The van der Waals surface area contributed by atoms with Gasteiger partial charge in [-0.25, -0.2) is 14.8 Å². The van der Waals surface area contributed by atoms with Gasteiger partial charge < -0.3 is 10.3 Å². The van der Waals surface area contributed by atoms with Crippen LogP contribution < -0.4 is 11.0 Å². The minimum Gasteiger partial charge on any atom is -0.315 e. The van der Waals surface area contributed by atoms with Crippen molar-refractivity contribution in [3.05, 3.63) is 22.5 Å². The van der Waals surface area contributed by atoms with Crippen LogP contribution in [0.2, 0.25) is 0 Å². The number of hydrogen-bond acceptors (Lipinski definition) is 5. The predicted octanol–water partition coefficient (Wildman–Crippen LogP) is -0.697. The molecule has 1 aliphatic rings. The Morgan fingerprint density at radius 2 is 2.22 bits per heavy atom. The van der Waals surface area contributed by atoms with Gasteiger partial charge in [-0.15, -0.1) is 0 Å². The van der Waals surface area contributed by atoms with Gasteiger partial charge in [0.05, 0.1) is 11.6 Å². The van der Waals surface area contributed by atoms with Gasteiger partial charge in [0, 0.05) is 26.6 Å². The molecular formula is C11H13N5O2. The van der Waals surface area contributed by atoms with Crippen LogP contribution >= 0.6 is 0 Å². The van der Waals surface area contributed by atoms with Crippen LogP contribution in [0.3, 0.4) is 0 Å². The quantitative estimate of drug-likeness (QED) is 0.695. The third-order valence-electron chi connectivity index (χ3n) is 3.33. The molecule has 1 fully saturated rings. The van der Waals surface area contributed by atoms with Crippen LogP contribution in [0.4, 0.5) is 0 Å². The van der Waals surface area contributed by atoms with Crippen molar-refractivity contribution in [3.63, 3.8) is 0 Å². The van der Waals surface area contributed by atoms with Crippen molar-refractivity contribution in [1.29, 1.82) is 0 Å². The van der Waals surface area contributed by atoms with E-state index in [9.17, 15) is 9.59 Å². The molecule has 1 aliphatic heterocycles. The van der Waals surface area contributed by atoms with E-state index in [-0.39, 0.29) is 17.4 Å². The largest absolute Gasteiger partial charge is 0.327 e. The molecular weight excluding hydrogens is 234 g/mol. The molecule has 7 nitrogen and oxygen atoms in total. The zero-order valence-corrected chi connectivity index (χ0v) is 9.93. The lowest BCUT2D eigenvalue weighted by atomic mass is 9.94. The number of rotatable bonds is 1. The summed E-state index contributed by atoms with van der Waals surface area (Å²) in [6, 6.07) is 0. The third-order valence-corrected chi connectivity index (χ3v) is 3.33. The molecule has 2 N–H and O–H groups in total. The molecule has 1 saturated heterocycles. The number of nitrogens with zero attached hydrogens (tertiary/aromatic N) is 3. The standard InChI is InChI=1S/C11H13N5O2/c1-16-10-9(15-11(16)18)8(13-5-14-10)6-4-12-3-2-7(6)17/h5-6,12H,2-4H2,1H3,(H,15,18). The summed E-state index contributed by atoms with van der Waals surface area (Å²) >= 11 is 0. The molecule has 1 unspecified atom stereocenters. The molecule has 3 rings (SSSR count). The lowest BCUT2D eigenvalue weighted by Crippen LogP contribution is -2.35. The summed E-state index contributed by atoms with van der Waals surface area (Å²) < 4.78 is 1.42. The molecule has 7 heteroatoms. The predicted molar refractivity (Wildman–Crippen MR) is 64.4 cm³/mol. The molecule has 3 heterocycles. The molecule has 0 amide bonds. The molecule has 2 aromatic rings. The van der Waals surface area contributed by atoms with E-state index in [0.717, 1.165) is 0 Å². The summed E-state index contributed by atoms with van der Waals surface area (Å²) in [5, 5.41) is 3.17. The van der Waals surface area contributed by atoms with Crippen LogP contribution in [0.25, 0.3) is 11.2 Å². The number of Topliss-reactive ketones (excluding diaryl/α,β-unsaturated/α-hetero) is 1. The second-order valence-electron chi connectivity index (χ2n) is 4.42. The molecule has 0 spiro atoms. The lowest BCUT2D eigenvalue weighted by Gasteiger charge is -2.21. The Labute approximate surface area is 102 Å². The molecule has 0 radical (unpaired) electrons. The maximum atomic E-state index is 11.9. The minimum absolute atomic E-state index is 0.151. The fraction of sp³-hybridized carbons (Fsp3) is 0.455. The van der Waals surface area contributed by atoms with E-state index < -0.39 is 0 Å². The number of aromatic nitrogens is 4. The van der Waals surface area contributed by atoms with E-state index in [1.807, 2.05) is 0 Å². The number of H-pyrrole nitrogens is 1. The Bertz CT molecular complexity index is 672. The molecule has 0 aliphatic carbocycles. The number of aryl methyl sites for hydroxylation is 1. The van der Waals surface area contributed by atoms with Crippen LogP contribution in [0, 0.1) is 0 Å². The van der Waals surface area contributed by atoms with E-state index in [1.165, 1.54) is 10.9 Å². The first kappa shape index (κ1) is 11.1. The van der Waals surface area contributed by atoms with E-state index in [2.05, 4.69) is 20.3 Å². The SMILES string of the molecule is Cn1c(=O)[nH]c2c(C3CNCCC3=O)ncnc21. The number of carbonyl (C=O) groups excluding carboxylic acids is 1. The summed E-state index contributed by atoms with van der Waals surface area (Å²) in [5.41, 5.74) is 1.45. The Morgan fingerprint density at radius 1 is 1.39 bits per heavy atom. The summed E-state index contributed by atoms with van der Waals surface area (Å²) in [7, 11) is 1.64. The number of carbonyl (C=O) groups is 1. The maximum absolute atomic E-state index is 11.9. The molecule has 0 bridgehead atoms. The van der Waals surface area contributed by atoms with Gasteiger partial charge in [-0.05, 0) is 0 Å². The van der Waals surface area contributed by atoms with Crippen molar-refractivity contribution in [2.75, 3.05) is 13.1 Å². The molecule has 94 valence electrons. The number of hydrogen-bond donors (Lipinski definition) is 2. The van der Waals surface area contributed by atoms with Crippen LogP contribution in [-0.2, 0) is 11.8 Å². The van der Waals surface area contributed by atoms with Crippen LogP contribution in [0.15, 0.2) is 11.1 Å². The maximum Gasteiger partial charge on any atom is 0.327 e. The van der Waals surface area contributed by atoms with Crippen LogP contribution in [0.5, 0.6) is 0 Å². The first-order valence-corrected chi connectivity index (χ1v) is 5.81. The van der Waals surface area contributed by atoms with Gasteiger partial charge in [0.25, 0.3) is 0 Å². The second kappa shape index (κ2) is 4.02. The molecule has 18 heavy (non-hydrogen) atoms. The second-order valence-corrected chi connectivity index (χ2v) is 4.42. The van der Waals surface area contributed by atoms with Crippen molar-refractivity contribution >= 4 is 16.9 Å². The average Bonchev–Trinajstić information content (AvgIpc) is 2.67. The fourth-order valence-electron chi connectivity index (χ4n) is 2.31. The van der Waals surface area contributed by atoms with E-state index in [0.29, 0.717) is 36.4 Å². The first-order valence-electron chi connectivity index (χ1n) is 5.81. The van der Waals surface area contributed by atoms with Crippen LogP contribution in [0.1, 0.15) is 18.0 Å². The zero-order chi connectivity index (χ0) is 12.7. The summed E-state index contributed by atoms with van der Waals surface area (Å²) in [4.78, 5) is 34.5. The van der Waals surface area contributed by atoms with Crippen molar-refractivity contribution in [2.45, 2.75) is 12.3 Å². The highest BCUT2D eigenvalue weighted by Gasteiger charge is 2.27. The van der Waals surface area contributed by atoms with Crippen molar-refractivity contribution in [3.8, 4) is 0 Å². The molecule has 1 atom stereocenters. The van der Waals surface area contributed by atoms with Gasteiger partial charge in [0.15, 0.2) is 5.65 Å². The van der Waals surface area contributed by atoms with Gasteiger partial charge in [-0.2, -0.15) is 0 Å². The monoisotopic (exact) mass is 247 g/mol. The zero-order valence-electron chi connectivity index (χ0n) is 9.93. The lowest BCUT2D eigenvalue weighted by molar-refractivity contribution is -0.121. The van der Waals surface area contributed by atoms with Gasteiger partial charge in [-0.3, -0.25) is 9.36 Å². The van der Waals surface area contributed by atoms with Crippen molar-refractivity contribution in [2.24, 2.45) is 7.05 Å². The van der Waals surface area contributed by atoms with E-state index in [4.69, 9.17) is 0 Å². The van der Waals surface area contributed by atoms with E-state index in [1.54, 1.807) is 7.05 Å². The Hall–Kier alpha value is -2.02. The Morgan fingerprint density at radius 3 is 3.00 bits per heavy atom. The summed E-state index contributed by atoms with van der Waals surface area (Å²) in [6.07, 6.45) is 1.89. The first-order chi connectivity index (χ1) is 8.68. The number of ketones is 1. The number of fused-ring (bicyclic) bond motifs is 1. The van der Waals surface area contributed by atoms with Gasteiger partial charge in [0.2, 0.25) is 0 Å². The topological polar surface area (TPSA) is 92.7 Å². The Kier molecular flexibility index (Phi) is 2.48. The van der Waals surface area contributed by atoms with Gasteiger partial charge in [0.1, 0.15) is 17.6 Å². The van der Waals surface area contributed by atoms with Gasteiger partial charge >= 0.3 is 5.69 Å². The summed E-state index contributed by atoms with van der Waals surface area (Å²) in [5.74, 6) is -0.152. The highest BCUT2D eigenvalue weighted by molar-refractivity contribution is 5.90. The summed E-state index contributed by atoms with van der Waals surface area (Å²) in [6.45, 7) is 1.26.